The van der Waals surface area contributed by atoms with Crippen molar-refractivity contribution in [1.82, 2.24) is 10.2 Å². The van der Waals surface area contributed by atoms with Crippen LogP contribution >= 0.6 is 11.8 Å². The summed E-state index contributed by atoms with van der Waals surface area (Å²) in [6.07, 6.45) is 1.02. The van der Waals surface area contributed by atoms with Crippen LogP contribution in [0.3, 0.4) is 0 Å². The zero-order valence-electron chi connectivity index (χ0n) is 11.6. The SMILES string of the molecule is CC(=O)NC=CSC1=C(C(=O)O)N2C(=O)C([C@H](C)O)C2C1. The van der Waals surface area contributed by atoms with Gasteiger partial charge in [0.15, 0.2) is 0 Å². The summed E-state index contributed by atoms with van der Waals surface area (Å²) in [7, 11) is 0. The number of thioether (sulfide) groups is 1. The molecule has 1 fully saturated rings. The number of aliphatic hydroxyl groups excluding tert-OH is 1. The molecule has 21 heavy (non-hydrogen) atoms. The van der Waals surface area contributed by atoms with E-state index in [-0.39, 0.29) is 23.6 Å². The first-order chi connectivity index (χ1) is 9.84. The second kappa shape index (κ2) is 5.90. The molecule has 0 bridgehead atoms. The number of rotatable bonds is 5. The van der Waals surface area contributed by atoms with Gasteiger partial charge in [-0.05, 0) is 12.3 Å². The van der Waals surface area contributed by atoms with Crippen LogP contribution in [0.4, 0.5) is 0 Å². The minimum absolute atomic E-state index is 0.0284. The zero-order valence-corrected chi connectivity index (χ0v) is 12.4. The first-order valence-corrected chi connectivity index (χ1v) is 7.29. The summed E-state index contributed by atoms with van der Waals surface area (Å²) in [5.74, 6) is -2.28. The number of aliphatic carboxylic acids is 1. The molecule has 114 valence electrons. The predicted molar refractivity (Wildman–Crippen MR) is 75.6 cm³/mol. The van der Waals surface area contributed by atoms with E-state index in [4.69, 9.17) is 0 Å². The molecule has 2 heterocycles. The molecule has 0 aromatic rings. The van der Waals surface area contributed by atoms with Gasteiger partial charge in [-0.1, -0.05) is 11.8 Å². The van der Waals surface area contributed by atoms with Crippen LogP contribution in [-0.4, -0.2) is 45.0 Å². The standard InChI is InChI=1S/C13H16N2O5S/c1-6(16)10-8-5-9(21-4-3-14-7(2)17)11(13(19)20)15(8)12(10)18/h3-4,6,8,10,16H,5H2,1-2H3,(H,14,17)(H,19,20)/t6-,8?,10?/m0/s1. The van der Waals surface area contributed by atoms with Gasteiger partial charge in [0.1, 0.15) is 5.70 Å². The largest absolute Gasteiger partial charge is 0.477 e. The van der Waals surface area contributed by atoms with Crippen LogP contribution in [0.15, 0.2) is 22.2 Å². The van der Waals surface area contributed by atoms with Crippen molar-refractivity contribution in [2.45, 2.75) is 32.4 Å². The van der Waals surface area contributed by atoms with Gasteiger partial charge in [-0.3, -0.25) is 9.59 Å². The van der Waals surface area contributed by atoms with E-state index in [0.29, 0.717) is 11.3 Å². The van der Waals surface area contributed by atoms with Crippen LogP contribution in [-0.2, 0) is 14.4 Å². The highest BCUT2D eigenvalue weighted by atomic mass is 32.2. The summed E-state index contributed by atoms with van der Waals surface area (Å²) in [6.45, 7) is 2.90. The topological polar surface area (TPSA) is 107 Å². The van der Waals surface area contributed by atoms with Crippen molar-refractivity contribution in [3.63, 3.8) is 0 Å². The van der Waals surface area contributed by atoms with Crippen molar-refractivity contribution in [3.8, 4) is 0 Å². The maximum Gasteiger partial charge on any atom is 0.353 e. The maximum absolute atomic E-state index is 11.9. The predicted octanol–water partition coefficient (Wildman–Crippen LogP) is 0.235. The summed E-state index contributed by atoms with van der Waals surface area (Å²) >= 11 is 1.15. The smallest absolute Gasteiger partial charge is 0.353 e. The summed E-state index contributed by atoms with van der Waals surface area (Å²) in [4.78, 5) is 35.8. The van der Waals surface area contributed by atoms with Crippen LogP contribution in [0.2, 0.25) is 0 Å². The van der Waals surface area contributed by atoms with Crippen molar-refractivity contribution < 1.29 is 24.6 Å². The lowest BCUT2D eigenvalue weighted by molar-refractivity contribution is -0.161. The number of hydrogen-bond donors (Lipinski definition) is 3. The molecule has 3 atom stereocenters. The molecule has 8 heteroatoms. The quantitative estimate of drug-likeness (QED) is 0.628. The minimum Gasteiger partial charge on any atom is -0.477 e. The van der Waals surface area contributed by atoms with Crippen molar-refractivity contribution in [3.05, 3.63) is 22.2 Å². The van der Waals surface area contributed by atoms with Crippen molar-refractivity contribution in [1.29, 1.82) is 0 Å². The number of carbonyl (C=O) groups excluding carboxylic acids is 2. The number of nitrogens with zero attached hydrogens (tertiary/aromatic N) is 1. The van der Waals surface area contributed by atoms with E-state index in [1.54, 1.807) is 5.41 Å². The molecule has 0 aromatic carbocycles. The van der Waals surface area contributed by atoms with Gasteiger partial charge in [0.25, 0.3) is 0 Å². The number of hydrogen-bond acceptors (Lipinski definition) is 5. The third-order valence-electron chi connectivity index (χ3n) is 3.46. The Morgan fingerprint density at radius 3 is 2.71 bits per heavy atom. The Morgan fingerprint density at radius 2 is 2.19 bits per heavy atom. The van der Waals surface area contributed by atoms with Gasteiger partial charge in [-0.15, -0.1) is 0 Å². The molecule has 2 aliphatic heterocycles. The molecule has 0 saturated carbocycles. The summed E-state index contributed by atoms with van der Waals surface area (Å²) in [6, 6.07) is -0.291. The summed E-state index contributed by atoms with van der Waals surface area (Å²) < 4.78 is 0. The minimum atomic E-state index is -1.16. The number of carbonyl (C=O) groups is 3. The second-order valence-corrected chi connectivity index (χ2v) is 5.94. The van der Waals surface area contributed by atoms with Crippen LogP contribution in [0.1, 0.15) is 20.3 Å². The van der Waals surface area contributed by atoms with E-state index >= 15 is 0 Å². The lowest BCUT2D eigenvalue weighted by atomic mass is 9.83. The molecule has 2 aliphatic rings. The van der Waals surface area contributed by atoms with E-state index in [2.05, 4.69) is 5.32 Å². The molecular weight excluding hydrogens is 296 g/mol. The Labute approximate surface area is 125 Å². The molecule has 7 nitrogen and oxygen atoms in total. The average molecular weight is 312 g/mol. The Bertz CT molecular complexity index is 555. The van der Waals surface area contributed by atoms with Gasteiger partial charge in [0.2, 0.25) is 11.8 Å². The molecule has 0 aliphatic carbocycles. The zero-order chi connectivity index (χ0) is 15.7. The van der Waals surface area contributed by atoms with Gasteiger partial charge in [0.05, 0.1) is 18.1 Å². The Morgan fingerprint density at radius 1 is 1.52 bits per heavy atom. The third-order valence-corrected chi connectivity index (χ3v) is 4.37. The molecule has 0 radical (unpaired) electrons. The van der Waals surface area contributed by atoms with Crippen molar-refractivity contribution in [2.75, 3.05) is 0 Å². The van der Waals surface area contributed by atoms with Crippen LogP contribution in [0, 0.1) is 5.92 Å². The fourth-order valence-electron chi connectivity index (χ4n) is 2.60. The molecule has 2 amide bonds. The van der Waals surface area contributed by atoms with Gasteiger partial charge >= 0.3 is 5.97 Å². The second-order valence-electron chi connectivity index (χ2n) is 4.94. The molecule has 2 rings (SSSR count). The fraction of sp³-hybridized carbons (Fsp3) is 0.462. The maximum atomic E-state index is 11.9. The van der Waals surface area contributed by atoms with Crippen molar-refractivity contribution >= 4 is 29.5 Å². The Hall–Kier alpha value is -1.80. The van der Waals surface area contributed by atoms with Crippen LogP contribution < -0.4 is 5.32 Å². The highest BCUT2D eigenvalue weighted by Crippen LogP contribution is 2.47. The highest BCUT2D eigenvalue weighted by molar-refractivity contribution is 8.05. The summed E-state index contributed by atoms with van der Waals surface area (Å²) in [5.41, 5.74) is -0.0284. The van der Waals surface area contributed by atoms with Gasteiger partial charge < -0.3 is 20.4 Å². The van der Waals surface area contributed by atoms with Gasteiger partial charge in [-0.25, -0.2) is 4.79 Å². The van der Waals surface area contributed by atoms with Gasteiger partial charge in [-0.2, -0.15) is 0 Å². The first-order valence-electron chi connectivity index (χ1n) is 6.41. The fourth-order valence-corrected chi connectivity index (χ4v) is 3.47. The average Bonchev–Trinajstić information content (AvgIpc) is 2.68. The number of fused-ring (bicyclic) bond motifs is 1. The Kier molecular flexibility index (Phi) is 4.38. The highest BCUT2D eigenvalue weighted by Gasteiger charge is 2.56. The lowest BCUT2D eigenvalue weighted by Gasteiger charge is -2.44. The Balaban J connectivity index is 2.13. The van der Waals surface area contributed by atoms with E-state index < -0.39 is 18.0 Å². The first kappa shape index (κ1) is 15.6. The van der Waals surface area contributed by atoms with E-state index in [1.807, 2.05) is 0 Å². The molecule has 2 unspecified atom stereocenters. The monoisotopic (exact) mass is 312 g/mol. The summed E-state index contributed by atoms with van der Waals surface area (Å²) in [5, 5.41) is 22.9. The molecule has 0 spiro atoms. The van der Waals surface area contributed by atoms with Crippen LogP contribution in [0.25, 0.3) is 0 Å². The molecular formula is C13H16N2O5S. The number of aliphatic hydroxyl groups is 1. The van der Waals surface area contributed by atoms with Crippen LogP contribution in [0.5, 0.6) is 0 Å². The lowest BCUT2D eigenvalue weighted by Crippen LogP contribution is -2.61. The van der Waals surface area contributed by atoms with Gasteiger partial charge in [0, 0.05) is 24.4 Å². The third kappa shape index (κ3) is 2.81. The molecule has 0 aromatic heterocycles. The van der Waals surface area contributed by atoms with Crippen molar-refractivity contribution in [2.24, 2.45) is 5.92 Å². The number of β-lactam (4-membered cyclic amide) rings is 1. The number of nitrogens with one attached hydrogen (secondary N) is 1. The number of carboxylic acid groups (broad SMARTS) is 1. The van der Waals surface area contributed by atoms with E-state index in [9.17, 15) is 24.6 Å². The molecule has 1 saturated heterocycles. The molecule has 3 N–H and O–H groups in total. The normalized spacial score (nSPS) is 25.9. The number of amides is 2. The number of carboxylic acids is 1. The van der Waals surface area contributed by atoms with E-state index in [1.165, 1.54) is 24.9 Å². The van der Waals surface area contributed by atoms with E-state index in [0.717, 1.165) is 11.8 Å².